The van der Waals surface area contributed by atoms with Crippen molar-refractivity contribution in [2.75, 3.05) is 0 Å². The zero-order valence-electron chi connectivity index (χ0n) is 13.9. The van der Waals surface area contributed by atoms with E-state index in [0.717, 1.165) is 36.3 Å². The number of Topliss-reactive ketones (excluding diaryl/α,β-unsaturated/α-hetero) is 1. The van der Waals surface area contributed by atoms with Crippen molar-refractivity contribution in [3.63, 3.8) is 0 Å². The van der Waals surface area contributed by atoms with Crippen LogP contribution in [0.5, 0.6) is 11.5 Å². The van der Waals surface area contributed by atoms with Gasteiger partial charge in [0.2, 0.25) is 0 Å². The second kappa shape index (κ2) is 6.52. The van der Waals surface area contributed by atoms with Gasteiger partial charge in [0.05, 0.1) is 5.41 Å². The molecule has 0 atom stereocenters. The normalized spacial score (nSPS) is 15.2. The average molecular weight is 329 g/mol. The Morgan fingerprint density at radius 1 is 0.880 bits per heavy atom. The lowest BCUT2D eigenvalue weighted by molar-refractivity contribution is 0.0783. The highest BCUT2D eigenvalue weighted by Crippen LogP contribution is 2.46. The summed E-state index contributed by atoms with van der Waals surface area (Å²) in [4.78, 5) is 17.4. The van der Waals surface area contributed by atoms with Crippen LogP contribution >= 0.6 is 0 Å². The topological polar surface area (TPSA) is 39.2 Å². The van der Waals surface area contributed by atoms with Gasteiger partial charge in [-0.3, -0.25) is 9.78 Å². The minimum atomic E-state index is -0.468. The first-order valence-corrected chi connectivity index (χ1v) is 8.57. The van der Waals surface area contributed by atoms with Crippen LogP contribution in [0.4, 0.5) is 0 Å². The molecule has 0 bridgehead atoms. The second-order valence-electron chi connectivity index (χ2n) is 6.42. The van der Waals surface area contributed by atoms with Gasteiger partial charge >= 0.3 is 0 Å². The standard InChI is InChI=1S/C22H19NO2/c24-21(20-12-4-5-15-23-20)22(13-7-14-22)17-8-6-11-19(16-17)25-18-9-2-1-3-10-18/h1-6,8-12,15-16H,7,13-14H2. The highest BCUT2D eigenvalue weighted by Gasteiger charge is 2.46. The summed E-state index contributed by atoms with van der Waals surface area (Å²) in [6.07, 6.45) is 4.45. The lowest BCUT2D eigenvalue weighted by Crippen LogP contribution is -2.42. The number of rotatable bonds is 5. The van der Waals surface area contributed by atoms with Crippen molar-refractivity contribution >= 4 is 5.78 Å². The van der Waals surface area contributed by atoms with Crippen LogP contribution in [0.15, 0.2) is 79.0 Å². The summed E-state index contributed by atoms with van der Waals surface area (Å²) in [5, 5.41) is 0. The van der Waals surface area contributed by atoms with Gasteiger partial charge in [-0.2, -0.15) is 0 Å². The molecule has 124 valence electrons. The van der Waals surface area contributed by atoms with Crippen molar-refractivity contribution in [1.29, 1.82) is 0 Å². The Labute approximate surface area is 147 Å². The summed E-state index contributed by atoms with van der Waals surface area (Å²) in [6.45, 7) is 0. The number of nitrogens with zero attached hydrogens (tertiary/aromatic N) is 1. The van der Waals surface area contributed by atoms with Crippen molar-refractivity contribution in [1.82, 2.24) is 4.98 Å². The molecule has 0 N–H and O–H groups in total. The van der Waals surface area contributed by atoms with E-state index < -0.39 is 5.41 Å². The first-order chi connectivity index (χ1) is 12.3. The van der Waals surface area contributed by atoms with Gasteiger partial charge < -0.3 is 4.74 Å². The Balaban J connectivity index is 1.66. The van der Waals surface area contributed by atoms with Gasteiger partial charge in [-0.15, -0.1) is 0 Å². The molecule has 0 aliphatic heterocycles. The summed E-state index contributed by atoms with van der Waals surface area (Å²) >= 11 is 0. The van der Waals surface area contributed by atoms with E-state index in [4.69, 9.17) is 4.74 Å². The summed E-state index contributed by atoms with van der Waals surface area (Å²) in [6, 6.07) is 23.1. The molecule has 3 heteroatoms. The maximum absolute atomic E-state index is 13.1. The predicted octanol–water partition coefficient (Wildman–Crippen LogP) is 5.18. The molecular weight excluding hydrogens is 310 g/mol. The third kappa shape index (κ3) is 2.93. The number of ether oxygens (including phenoxy) is 1. The van der Waals surface area contributed by atoms with Crippen molar-refractivity contribution in [3.8, 4) is 11.5 Å². The maximum Gasteiger partial charge on any atom is 0.191 e. The Morgan fingerprint density at radius 3 is 2.32 bits per heavy atom. The first-order valence-electron chi connectivity index (χ1n) is 8.57. The Bertz CT molecular complexity index is 871. The predicted molar refractivity (Wildman–Crippen MR) is 97.1 cm³/mol. The van der Waals surface area contributed by atoms with E-state index in [9.17, 15) is 4.79 Å². The molecule has 1 aliphatic carbocycles. The van der Waals surface area contributed by atoms with Gasteiger partial charge in [-0.1, -0.05) is 42.8 Å². The molecule has 3 nitrogen and oxygen atoms in total. The lowest BCUT2D eigenvalue weighted by atomic mass is 9.61. The zero-order chi connectivity index (χ0) is 17.1. The summed E-state index contributed by atoms with van der Waals surface area (Å²) < 4.78 is 5.94. The van der Waals surface area contributed by atoms with Gasteiger partial charge in [-0.25, -0.2) is 0 Å². The Kier molecular flexibility index (Phi) is 4.06. The first kappa shape index (κ1) is 15.6. The van der Waals surface area contributed by atoms with Crippen LogP contribution in [0.2, 0.25) is 0 Å². The second-order valence-corrected chi connectivity index (χ2v) is 6.42. The molecule has 1 aromatic heterocycles. The number of hydrogen-bond acceptors (Lipinski definition) is 3. The fraction of sp³-hybridized carbons (Fsp3) is 0.182. The lowest BCUT2D eigenvalue weighted by Gasteiger charge is -2.40. The molecule has 0 amide bonds. The third-order valence-corrected chi connectivity index (χ3v) is 4.90. The van der Waals surface area contributed by atoms with Crippen molar-refractivity contribution in [3.05, 3.63) is 90.3 Å². The number of para-hydroxylation sites is 1. The summed E-state index contributed by atoms with van der Waals surface area (Å²) in [5.41, 5.74) is 1.09. The molecule has 1 aliphatic rings. The Hall–Kier alpha value is -2.94. The number of carbonyl (C=O) groups is 1. The van der Waals surface area contributed by atoms with Gasteiger partial charge in [0.1, 0.15) is 17.2 Å². The molecule has 1 saturated carbocycles. The summed E-state index contributed by atoms with van der Waals surface area (Å²) in [7, 11) is 0. The number of aromatic nitrogens is 1. The van der Waals surface area contributed by atoms with E-state index in [1.54, 1.807) is 12.3 Å². The van der Waals surface area contributed by atoms with Crippen LogP contribution in [-0.4, -0.2) is 10.8 Å². The molecule has 25 heavy (non-hydrogen) atoms. The summed E-state index contributed by atoms with van der Waals surface area (Å²) in [5.74, 6) is 1.65. The largest absolute Gasteiger partial charge is 0.457 e. The fourth-order valence-electron chi connectivity index (χ4n) is 3.40. The van der Waals surface area contributed by atoms with Crippen LogP contribution in [0.25, 0.3) is 0 Å². The monoisotopic (exact) mass is 329 g/mol. The van der Waals surface area contributed by atoms with Crippen molar-refractivity contribution in [2.45, 2.75) is 24.7 Å². The molecule has 4 rings (SSSR count). The van der Waals surface area contributed by atoms with Crippen LogP contribution in [0, 0.1) is 0 Å². The van der Waals surface area contributed by atoms with Gasteiger partial charge in [0.25, 0.3) is 0 Å². The van der Waals surface area contributed by atoms with Gasteiger partial charge in [-0.05, 0) is 54.8 Å². The molecule has 0 unspecified atom stereocenters. The highest BCUT2D eigenvalue weighted by atomic mass is 16.5. The van der Waals surface area contributed by atoms with Crippen LogP contribution in [0.3, 0.4) is 0 Å². The molecule has 1 fully saturated rings. The zero-order valence-corrected chi connectivity index (χ0v) is 13.9. The minimum Gasteiger partial charge on any atom is -0.457 e. The molecule has 3 aromatic rings. The average Bonchev–Trinajstić information content (AvgIpc) is 2.63. The van der Waals surface area contributed by atoms with Crippen LogP contribution < -0.4 is 4.74 Å². The number of pyridine rings is 1. The minimum absolute atomic E-state index is 0.108. The maximum atomic E-state index is 13.1. The molecule has 0 radical (unpaired) electrons. The van der Waals surface area contributed by atoms with E-state index in [1.807, 2.05) is 66.7 Å². The van der Waals surface area contributed by atoms with E-state index in [-0.39, 0.29) is 5.78 Å². The SMILES string of the molecule is O=C(c1ccccn1)C1(c2cccc(Oc3ccccc3)c2)CCC1. The number of benzene rings is 2. The highest BCUT2D eigenvalue weighted by molar-refractivity contribution is 6.03. The van der Waals surface area contributed by atoms with E-state index in [1.165, 1.54) is 0 Å². The van der Waals surface area contributed by atoms with E-state index in [2.05, 4.69) is 4.98 Å². The number of carbonyl (C=O) groups excluding carboxylic acids is 1. The Morgan fingerprint density at radius 2 is 1.64 bits per heavy atom. The molecule has 2 aromatic carbocycles. The van der Waals surface area contributed by atoms with Gasteiger partial charge in [0, 0.05) is 6.20 Å². The van der Waals surface area contributed by atoms with Crippen LogP contribution in [-0.2, 0) is 5.41 Å². The fourth-order valence-corrected chi connectivity index (χ4v) is 3.40. The van der Waals surface area contributed by atoms with Crippen molar-refractivity contribution < 1.29 is 9.53 Å². The smallest absolute Gasteiger partial charge is 0.191 e. The van der Waals surface area contributed by atoms with Gasteiger partial charge in [0.15, 0.2) is 5.78 Å². The van der Waals surface area contributed by atoms with Crippen molar-refractivity contribution in [2.24, 2.45) is 0 Å². The van der Waals surface area contributed by atoms with Crippen LogP contribution in [0.1, 0.15) is 35.3 Å². The number of ketones is 1. The molecule has 0 saturated heterocycles. The molecule has 1 heterocycles. The quantitative estimate of drug-likeness (QED) is 0.606. The van der Waals surface area contributed by atoms with E-state index in [0.29, 0.717) is 5.69 Å². The van der Waals surface area contributed by atoms with E-state index >= 15 is 0 Å². The number of hydrogen-bond donors (Lipinski definition) is 0. The third-order valence-electron chi connectivity index (χ3n) is 4.90. The molecule has 0 spiro atoms. The molecular formula is C22H19NO2.